The van der Waals surface area contributed by atoms with Crippen LogP contribution in [0.3, 0.4) is 0 Å². The Bertz CT molecular complexity index is 1300. The second-order valence-corrected chi connectivity index (χ2v) is 9.46. The van der Waals surface area contributed by atoms with E-state index in [1.165, 1.54) is 24.4 Å². The van der Waals surface area contributed by atoms with E-state index in [2.05, 4.69) is 10.5 Å². The largest absolute Gasteiger partial charge is 0.452 e. The third kappa shape index (κ3) is 7.07. The number of nitrogens with two attached hydrogens (primary N) is 1. The Balaban J connectivity index is 1.57. The molecule has 0 radical (unpaired) electrons. The second kappa shape index (κ2) is 13.6. The van der Waals surface area contributed by atoms with E-state index < -0.39 is 73.7 Å². The van der Waals surface area contributed by atoms with Gasteiger partial charge >= 0.3 is 23.6 Å². The smallest absolute Gasteiger partial charge is 0.351 e. The van der Waals surface area contributed by atoms with Gasteiger partial charge in [0.15, 0.2) is 30.5 Å². The van der Waals surface area contributed by atoms with Crippen molar-refractivity contribution in [1.29, 1.82) is 0 Å². The number of unbranched alkanes of at least 4 members (excludes halogenated alkanes) is 2. The van der Waals surface area contributed by atoms with Gasteiger partial charge < -0.3 is 39.7 Å². The van der Waals surface area contributed by atoms with Crippen LogP contribution in [0, 0.1) is 0 Å². The molecule has 0 amide bonds. The molecule has 222 valence electrons. The van der Waals surface area contributed by atoms with Gasteiger partial charge in [-0.3, -0.25) is 4.57 Å². The van der Waals surface area contributed by atoms with Gasteiger partial charge in [0.2, 0.25) is 0 Å². The molecule has 2 aliphatic heterocycles. The summed E-state index contributed by atoms with van der Waals surface area (Å²) in [6, 6.07) is 6.11. The highest BCUT2D eigenvalue weighted by atomic mass is 16.7. The van der Waals surface area contributed by atoms with Crippen LogP contribution in [-0.2, 0) is 28.6 Å². The van der Waals surface area contributed by atoms with E-state index in [4.69, 9.17) is 34.6 Å². The predicted molar refractivity (Wildman–Crippen MR) is 138 cm³/mol. The Morgan fingerprint density at radius 1 is 1.12 bits per heavy atom. The van der Waals surface area contributed by atoms with Crippen molar-refractivity contribution in [3.8, 4) is 0 Å². The number of anilines is 1. The molecule has 3 heterocycles. The summed E-state index contributed by atoms with van der Waals surface area (Å²) in [5.74, 6) is -2.25. The monoisotopic (exact) mass is 576 g/mol. The van der Waals surface area contributed by atoms with Gasteiger partial charge in [0.05, 0.1) is 30.4 Å². The van der Waals surface area contributed by atoms with Gasteiger partial charge in [0.25, 0.3) is 0 Å². The molecule has 0 aliphatic carbocycles. The van der Waals surface area contributed by atoms with Crippen LogP contribution in [-0.4, -0.2) is 81.5 Å². The number of carbonyl (C=O) groups excluding carboxylic acids is 3. The number of aliphatic hydroxyl groups is 2. The summed E-state index contributed by atoms with van der Waals surface area (Å²) in [7, 11) is 0. The number of aliphatic hydroxyl groups excluding tert-OH is 2. The Morgan fingerprint density at radius 2 is 1.80 bits per heavy atom. The number of esters is 2. The fourth-order valence-corrected chi connectivity index (χ4v) is 4.30. The zero-order valence-electron chi connectivity index (χ0n) is 22.2. The van der Waals surface area contributed by atoms with Gasteiger partial charge in [0, 0.05) is 18.7 Å². The first kappa shape index (κ1) is 30.1. The maximum Gasteiger partial charge on any atom is 0.351 e. The van der Waals surface area contributed by atoms with E-state index in [0.717, 1.165) is 17.4 Å². The van der Waals surface area contributed by atoms with Crippen LogP contribution >= 0.6 is 0 Å². The lowest BCUT2D eigenvalue weighted by Gasteiger charge is -2.27. The van der Waals surface area contributed by atoms with Crippen molar-refractivity contribution in [3.05, 3.63) is 58.1 Å². The van der Waals surface area contributed by atoms with E-state index >= 15 is 0 Å². The minimum Gasteiger partial charge on any atom is -0.452 e. The first-order valence-electron chi connectivity index (χ1n) is 13.1. The summed E-state index contributed by atoms with van der Waals surface area (Å²) < 4.78 is 23.6. The van der Waals surface area contributed by atoms with Crippen LogP contribution in [0.15, 0.2) is 41.3 Å². The molecular formula is C26H32N4O11. The first-order chi connectivity index (χ1) is 19.7. The zero-order chi connectivity index (χ0) is 29.5. The fourth-order valence-electron chi connectivity index (χ4n) is 4.30. The van der Waals surface area contributed by atoms with Crippen molar-refractivity contribution < 1.29 is 48.4 Å². The summed E-state index contributed by atoms with van der Waals surface area (Å²) in [4.78, 5) is 59.7. The first-order valence-corrected chi connectivity index (χ1v) is 13.1. The lowest BCUT2D eigenvalue weighted by molar-refractivity contribution is -0.156. The van der Waals surface area contributed by atoms with Crippen molar-refractivity contribution in [1.82, 2.24) is 9.55 Å². The number of benzene rings is 1. The molecule has 2 aliphatic rings. The minimum atomic E-state index is -1.59. The molecule has 5 N–H and O–H groups in total. The molecule has 15 heteroatoms. The van der Waals surface area contributed by atoms with E-state index in [0.29, 0.717) is 6.42 Å². The zero-order valence-corrected chi connectivity index (χ0v) is 22.2. The molecule has 41 heavy (non-hydrogen) atoms. The van der Waals surface area contributed by atoms with Gasteiger partial charge in [-0.1, -0.05) is 31.9 Å². The molecule has 1 fully saturated rings. The number of aromatic nitrogens is 2. The number of hydrogen-bond acceptors (Lipinski definition) is 14. The summed E-state index contributed by atoms with van der Waals surface area (Å²) in [6.07, 6.45) is -2.71. The number of ether oxygens (including phenoxy) is 4. The lowest BCUT2D eigenvalue weighted by Crippen LogP contribution is -2.45. The summed E-state index contributed by atoms with van der Waals surface area (Å²) in [6.45, 7) is 1.03. The minimum absolute atomic E-state index is 0.0279. The average Bonchev–Trinajstić information content (AvgIpc) is 3.29. The van der Waals surface area contributed by atoms with Crippen LogP contribution in [0.5, 0.6) is 0 Å². The third-order valence-electron chi connectivity index (χ3n) is 6.51. The molecular weight excluding hydrogens is 544 g/mol. The van der Waals surface area contributed by atoms with Crippen molar-refractivity contribution in [2.24, 2.45) is 5.73 Å². The normalized spacial score (nSPS) is 23.2. The van der Waals surface area contributed by atoms with E-state index in [-0.39, 0.29) is 23.4 Å². The Morgan fingerprint density at radius 3 is 2.44 bits per heavy atom. The van der Waals surface area contributed by atoms with Gasteiger partial charge in [-0.05, 0) is 18.6 Å². The summed E-state index contributed by atoms with van der Waals surface area (Å²) in [5, 5.41) is 19.2. The van der Waals surface area contributed by atoms with Crippen LogP contribution in [0.2, 0.25) is 0 Å². The van der Waals surface area contributed by atoms with Gasteiger partial charge in [-0.25, -0.2) is 24.7 Å². The number of hydrogen-bond donors (Lipinski definition) is 4. The molecule has 1 unspecified atom stereocenters. The quantitative estimate of drug-likeness (QED) is 0.0862. The summed E-state index contributed by atoms with van der Waals surface area (Å²) >= 11 is 0. The molecule has 1 aromatic carbocycles. The molecule has 0 spiro atoms. The van der Waals surface area contributed by atoms with Crippen LogP contribution in [0.1, 0.15) is 59.6 Å². The predicted octanol–water partition coefficient (Wildman–Crippen LogP) is 0.0103. The highest BCUT2D eigenvalue weighted by molar-refractivity contribution is 6.03. The highest BCUT2D eigenvalue weighted by Crippen LogP contribution is 2.36. The van der Waals surface area contributed by atoms with Crippen LogP contribution in [0.25, 0.3) is 0 Å². The van der Waals surface area contributed by atoms with E-state index in [1.54, 1.807) is 12.1 Å². The standard InChI is InChI=1S/C26H32N4O11/c1-2-3-4-9-19(32)41-29-18-10-11-30(26(36)28-18)22-21-20(17(38-22)13-37-25(35)16(27)12-31)39-23(33)14-7-5-6-8-15(14)24(34)40-21/h5-8,10-11,16-17,20-22,25,31,35H,2-4,9,12-13,27H2,1H3,(H,28,29,36)/t16-,17+,20+,21+,22+,25?/m0/s1. The van der Waals surface area contributed by atoms with Gasteiger partial charge in [0.1, 0.15) is 6.10 Å². The molecule has 15 nitrogen and oxygen atoms in total. The number of nitrogens with zero attached hydrogens (tertiary/aromatic N) is 2. The van der Waals surface area contributed by atoms with Crippen molar-refractivity contribution in [3.63, 3.8) is 0 Å². The van der Waals surface area contributed by atoms with Crippen molar-refractivity contribution >= 4 is 23.7 Å². The Labute approximate surface area is 234 Å². The molecule has 0 bridgehead atoms. The molecule has 0 saturated carbocycles. The second-order valence-electron chi connectivity index (χ2n) is 9.46. The number of rotatable bonds is 12. The maximum absolute atomic E-state index is 13.0. The topological polar surface area (TPSA) is 211 Å². The Kier molecular flexibility index (Phi) is 10.0. The average molecular weight is 577 g/mol. The van der Waals surface area contributed by atoms with E-state index in [9.17, 15) is 24.3 Å². The van der Waals surface area contributed by atoms with Gasteiger partial charge in [-0.15, -0.1) is 0 Å². The number of fused-ring (bicyclic) bond motifs is 2. The molecule has 4 rings (SSSR count). The third-order valence-corrected chi connectivity index (χ3v) is 6.51. The van der Waals surface area contributed by atoms with Crippen molar-refractivity contribution in [2.45, 2.75) is 69.5 Å². The summed E-state index contributed by atoms with van der Waals surface area (Å²) in [5.41, 5.74) is 6.99. The Hall–Kier alpha value is -3.89. The fraction of sp³-hybridized carbons (Fsp3) is 0.500. The molecule has 1 saturated heterocycles. The maximum atomic E-state index is 13.0. The number of carbonyl (C=O) groups is 3. The SMILES string of the molecule is CCCCCC(=O)ONc1ccn([C@@H]2O[C@H](COC(O)[C@@H](N)CO)[C@H]3OC(=O)c4ccccc4C(=O)O[C@H]32)c(=O)n1. The molecule has 2 aromatic rings. The van der Waals surface area contributed by atoms with E-state index in [1.807, 2.05) is 6.92 Å². The molecule has 6 atom stereocenters. The van der Waals surface area contributed by atoms with Gasteiger partial charge in [-0.2, -0.15) is 4.98 Å². The highest BCUT2D eigenvalue weighted by Gasteiger charge is 2.52. The molecule has 1 aromatic heterocycles. The van der Waals surface area contributed by atoms with Crippen LogP contribution in [0.4, 0.5) is 5.82 Å². The van der Waals surface area contributed by atoms with Crippen molar-refractivity contribution in [2.75, 3.05) is 18.7 Å². The lowest BCUT2D eigenvalue weighted by atomic mass is 10.0. The number of nitrogens with one attached hydrogen (secondary N) is 1. The van der Waals surface area contributed by atoms with Crippen LogP contribution < -0.4 is 16.9 Å².